The highest BCUT2D eigenvalue weighted by molar-refractivity contribution is 7.87. The number of phenols is 2. The van der Waals surface area contributed by atoms with Crippen molar-refractivity contribution in [1.82, 2.24) is 0 Å². The Kier molecular flexibility index (Phi) is 5.92. The molecule has 0 aromatic heterocycles. The van der Waals surface area contributed by atoms with Gasteiger partial charge in [-0.25, -0.2) is 0 Å². The van der Waals surface area contributed by atoms with Crippen LogP contribution >= 0.6 is 0 Å². The van der Waals surface area contributed by atoms with E-state index in [1.54, 1.807) is 0 Å². The summed E-state index contributed by atoms with van der Waals surface area (Å²) in [7, 11) is -7.87. The van der Waals surface area contributed by atoms with Gasteiger partial charge in [0.1, 0.15) is 21.3 Å². The first kappa shape index (κ1) is 20.9. The van der Waals surface area contributed by atoms with Gasteiger partial charge in [0.05, 0.1) is 13.2 Å². The van der Waals surface area contributed by atoms with Crippen LogP contribution in [0.15, 0.2) is 52.3 Å². The first-order chi connectivity index (χ1) is 12.5. The van der Waals surface area contributed by atoms with E-state index in [1.807, 2.05) is 0 Å². The van der Waals surface area contributed by atoms with Crippen LogP contribution in [0.4, 0.5) is 0 Å². The van der Waals surface area contributed by atoms with Crippen LogP contribution in [0.25, 0.3) is 6.08 Å². The van der Waals surface area contributed by atoms with Gasteiger partial charge in [-0.1, -0.05) is 24.3 Å². The van der Waals surface area contributed by atoms with Crippen molar-refractivity contribution in [1.29, 1.82) is 0 Å². The standard InChI is InChI=1S/C16H16O9S2/c1-25-27(23,24)16-8-10(3-6-14(16)19)2-5-12(17)11-4-7-13(18)15(9-11)26(20,21)22/h2-9,12,17-19H,1H3,(H,20,21,22)/b5-2+. The molecular weight excluding hydrogens is 400 g/mol. The zero-order chi connectivity index (χ0) is 20.4. The van der Waals surface area contributed by atoms with E-state index in [1.165, 1.54) is 24.3 Å². The van der Waals surface area contributed by atoms with E-state index in [4.69, 9.17) is 4.55 Å². The quantitative estimate of drug-likeness (QED) is 0.403. The fraction of sp³-hybridized carbons (Fsp3) is 0.125. The Morgan fingerprint density at radius 3 is 2.15 bits per heavy atom. The van der Waals surface area contributed by atoms with E-state index in [0.717, 1.165) is 31.4 Å². The molecule has 1 unspecified atom stereocenters. The molecule has 11 heteroatoms. The highest BCUT2D eigenvalue weighted by Gasteiger charge is 2.19. The number of hydrogen-bond acceptors (Lipinski definition) is 8. The minimum absolute atomic E-state index is 0.0557. The summed E-state index contributed by atoms with van der Waals surface area (Å²) in [5.41, 5.74) is 0.358. The molecule has 0 bridgehead atoms. The molecule has 2 aromatic carbocycles. The van der Waals surface area contributed by atoms with Gasteiger partial charge in [-0.3, -0.25) is 8.74 Å². The Morgan fingerprint density at radius 2 is 1.56 bits per heavy atom. The van der Waals surface area contributed by atoms with Crippen LogP contribution in [0.1, 0.15) is 17.2 Å². The molecule has 27 heavy (non-hydrogen) atoms. The van der Waals surface area contributed by atoms with Crippen LogP contribution in [0, 0.1) is 0 Å². The Labute approximate surface area is 155 Å². The van der Waals surface area contributed by atoms with E-state index in [9.17, 15) is 32.2 Å². The van der Waals surface area contributed by atoms with E-state index in [-0.39, 0.29) is 5.56 Å². The second kappa shape index (κ2) is 7.66. The summed E-state index contributed by atoms with van der Waals surface area (Å²) in [6, 6.07) is 6.79. The maximum absolute atomic E-state index is 11.7. The first-order valence-electron chi connectivity index (χ1n) is 7.26. The second-order valence-corrected chi connectivity index (χ2v) is 8.43. The van der Waals surface area contributed by atoms with Crippen LogP contribution in [0.2, 0.25) is 0 Å². The van der Waals surface area contributed by atoms with Gasteiger partial charge >= 0.3 is 0 Å². The maximum Gasteiger partial charge on any atom is 0.300 e. The fourth-order valence-corrected chi connectivity index (χ4v) is 3.56. The minimum Gasteiger partial charge on any atom is -0.506 e. The predicted octanol–water partition coefficient (Wildman–Crippen LogP) is 1.43. The van der Waals surface area contributed by atoms with Crippen molar-refractivity contribution in [2.45, 2.75) is 15.9 Å². The molecule has 146 valence electrons. The lowest BCUT2D eigenvalue weighted by Crippen LogP contribution is -2.03. The van der Waals surface area contributed by atoms with E-state index in [0.29, 0.717) is 5.56 Å². The highest BCUT2D eigenvalue weighted by Crippen LogP contribution is 2.28. The largest absolute Gasteiger partial charge is 0.506 e. The Balaban J connectivity index is 2.35. The first-order valence-corrected chi connectivity index (χ1v) is 10.1. The smallest absolute Gasteiger partial charge is 0.300 e. The van der Waals surface area contributed by atoms with Crippen LogP contribution in [-0.4, -0.2) is 43.8 Å². The van der Waals surface area contributed by atoms with Crippen molar-refractivity contribution in [2.24, 2.45) is 0 Å². The average molecular weight is 416 g/mol. The van der Waals surface area contributed by atoms with Gasteiger partial charge < -0.3 is 15.3 Å². The lowest BCUT2D eigenvalue weighted by Gasteiger charge is -2.09. The molecule has 2 aromatic rings. The topological polar surface area (TPSA) is 158 Å². The monoisotopic (exact) mass is 416 g/mol. The molecule has 0 spiro atoms. The van der Waals surface area contributed by atoms with Crippen molar-refractivity contribution >= 4 is 26.3 Å². The molecule has 2 rings (SSSR count). The minimum atomic E-state index is -4.68. The van der Waals surface area contributed by atoms with Crippen molar-refractivity contribution in [3.05, 3.63) is 53.6 Å². The van der Waals surface area contributed by atoms with Crippen molar-refractivity contribution in [3.63, 3.8) is 0 Å². The van der Waals surface area contributed by atoms with E-state index in [2.05, 4.69) is 4.18 Å². The summed E-state index contributed by atoms with van der Waals surface area (Å²) in [5.74, 6) is -1.18. The third-order valence-corrected chi connectivity index (χ3v) is 5.73. The molecule has 9 nitrogen and oxygen atoms in total. The number of aromatic hydroxyl groups is 2. The molecule has 0 aliphatic carbocycles. The normalized spacial score (nSPS) is 13.7. The fourth-order valence-electron chi connectivity index (χ4n) is 2.16. The molecule has 0 fully saturated rings. The molecule has 0 saturated carbocycles. The van der Waals surface area contributed by atoms with E-state index >= 15 is 0 Å². The summed E-state index contributed by atoms with van der Waals surface area (Å²) < 4.78 is 59.3. The van der Waals surface area contributed by atoms with Gasteiger partial charge in [-0.2, -0.15) is 16.8 Å². The summed E-state index contributed by atoms with van der Waals surface area (Å²) in [4.78, 5) is -1.22. The summed E-state index contributed by atoms with van der Waals surface area (Å²) in [5, 5.41) is 29.3. The second-order valence-electron chi connectivity index (χ2n) is 5.35. The van der Waals surface area contributed by atoms with Crippen molar-refractivity contribution in [3.8, 4) is 11.5 Å². The van der Waals surface area contributed by atoms with Crippen LogP contribution < -0.4 is 0 Å². The van der Waals surface area contributed by atoms with Gasteiger partial charge in [0, 0.05) is 0 Å². The lowest BCUT2D eigenvalue weighted by atomic mass is 10.1. The number of hydrogen-bond donors (Lipinski definition) is 4. The SMILES string of the molecule is COS(=O)(=O)c1cc(/C=C/C(O)c2ccc(O)c(S(=O)(=O)O)c2)ccc1O. The molecule has 0 saturated heterocycles. The van der Waals surface area contributed by atoms with Crippen LogP contribution in [-0.2, 0) is 24.4 Å². The molecule has 0 amide bonds. The van der Waals surface area contributed by atoms with Crippen LogP contribution in [0.3, 0.4) is 0 Å². The average Bonchev–Trinajstić information content (AvgIpc) is 2.60. The van der Waals surface area contributed by atoms with E-state index < -0.39 is 47.6 Å². The molecular formula is C16H16O9S2. The van der Waals surface area contributed by atoms with Gasteiger partial charge in [0.15, 0.2) is 0 Å². The number of rotatable bonds is 6. The van der Waals surface area contributed by atoms with Gasteiger partial charge in [-0.15, -0.1) is 0 Å². The van der Waals surface area contributed by atoms with Gasteiger partial charge in [0.2, 0.25) is 0 Å². The molecule has 0 aliphatic rings. The third kappa shape index (κ3) is 4.84. The third-order valence-electron chi connectivity index (χ3n) is 3.55. The molecule has 1 atom stereocenters. The summed E-state index contributed by atoms with van der Waals surface area (Å²) in [6.07, 6.45) is 1.22. The van der Waals surface area contributed by atoms with Crippen LogP contribution in [0.5, 0.6) is 11.5 Å². The number of benzene rings is 2. The molecule has 0 aliphatic heterocycles. The van der Waals surface area contributed by atoms with Gasteiger partial charge in [0.25, 0.3) is 20.2 Å². The molecule has 0 radical (unpaired) electrons. The predicted molar refractivity (Wildman–Crippen MR) is 94.2 cm³/mol. The highest BCUT2D eigenvalue weighted by atomic mass is 32.2. The van der Waals surface area contributed by atoms with Crippen molar-refractivity contribution < 1.29 is 40.9 Å². The Morgan fingerprint density at radius 1 is 0.963 bits per heavy atom. The number of phenolic OH excluding ortho intramolecular Hbond substituents is 2. The number of aliphatic hydroxyl groups is 1. The number of aliphatic hydroxyl groups excluding tert-OH is 1. The molecule has 4 N–H and O–H groups in total. The van der Waals surface area contributed by atoms with Gasteiger partial charge in [-0.05, 0) is 35.4 Å². The maximum atomic E-state index is 11.7. The summed E-state index contributed by atoms with van der Waals surface area (Å²) in [6.45, 7) is 0. The zero-order valence-corrected chi connectivity index (χ0v) is 15.5. The Hall–Kier alpha value is -2.44. The van der Waals surface area contributed by atoms with Crippen molar-refractivity contribution in [2.75, 3.05) is 7.11 Å². The molecule has 0 heterocycles. The lowest BCUT2D eigenvalue weighted by molar-refractivity contribution is 0.229. The zero-order valence-electron chi connectivity index (χ0n) is 13.8. The Bertz CT molecular complexity index is 1090. The summed E-state index contributed by atoms with van der Waals surface area (Å²) >= 11 is 0.